The molecule has 0 radical (unpaired) electrons. The van der Waals surface area contributed by atoms with Crippen molar-refractivity contribution in [1.82, 2.24) is 0 Å². The number of benzene rings is 3. The highest BCUT2D eigenvalue weighted by Crippen LogP contribution is 2.35. The SMILES string of the molecule is COc1cccc(NC2=C(c3ccc(C)cc3)C(=O)N(c3ccccc3F)C2=O)c1. The van der Waals surface area contributed by atoms with Crippen molar-refractivity contribution in [2.75, 3.05) is 17.3 Å². The maximum atomic E-state index is 14.4. The predicted octanol–water partition coefficient (Wildman–Crippen LogP) is 4.54. The van der Waals surface area contributed by atoms with Gasteiger partial charge in [-0.25, -0.2) is 9.29 Å². The maximum Gasteiger partial charge on any atom is 0.282 e. The second-order valence-electron chi connectivity index (χ2n) is 6.87. The number of hydrogen-bond donors (Lipinski definition) is 1. The van der Waals surface area contributed by atoms with Crippen LogP contribution in [-0.2, 0) is 9.59 Å². The molecule has 0 aromatic heterocycles. The number of carbonyl (C=O) groups excluding carboxylic acids is 2. The fourth-order valence-corrected chi connectivity index (χ4v) is 3.33. The zero-order valence-electron chi connectivity index (χ0n) is 16.5. The van der Waals surface area contributed by atoms with Gasteiger partial charge in [-0.05, 0) is 36.8 Å². The van der Waals surface area contributed by atoms with Crippen molar-refractivity contribution in [3.05, 3.63) is 95.4 Å². The highest BCUT2D eigenvalue weighted by atomic mass is 19.1. The monoisotopic (exact) mass is 402 g/mol. The molecule has 0 bridgehead atoms. The Morgan fingerprint density at radius 1 is 0.900 bits per heavy atom. The van der Waals surface area contributed by atoms with Crippen LogP contribution >= 0.6 is 0 Å². The van der Waals surface area contributed by atoms with Crippen LogP contribution in [0, 0.1) is 12.7 Å². The zero-order valence-corrected chi connectivity index (χ0v) is 16.5. The summed E-state index contributed by atoms with van der Waals surface area (Å²) in [5.74, 6) is -1.26. The lowest BCUT2D eigenvalue weighted by Crippen LogP contribution is -2.33. The number of carbonyl (C=O) groups is 2. The third kappa shape index (κ3) is 3.43. The summed E-state index contributed by atoms with van der Waals surface area (Å²) < 4.78 is 19.7. The van der Waals surface area contributed by atoms with E-state index in [0.29, 0.717) is 17.0 Å². The Hall–Kier alpha value is -3.93. The molecule has 1 aliphatic rings. The minimum Gasteiger partial charge on any atom is -0.497 e. The average Bonchev–Trinajstić information content (AvgIpc) is 2.99. The first-order chi connectivity index (χ1) is 14.5. The first-order valence-electron chi connectivity index (χ1n) is 9.35. The minimum atomic E-state index is -0.648. The molecule has 0 aliphatic carbocycles. The van der Waals surface area contributed by atoms with Gasteiger partial charge in [0.05, 0.1) is 18.4 Å². The Labute approximate surface area is 173 Å². The molecule has 0 spiro atoms. The van der Waals surface area contributed by atoms with Gasteiger partial charge in [0.15, 0.2) is 0 Å². The topological polar surface area (TPSA) is 58.6 Å². The molecule has 0 saturated heterocycles. The first kappa shape index (κ1) is 19.4. The highest BCUT2D eigenvalue weighted by Gasteiger charge is 2.41. The number of halogens is 1. The van der Waals surface area contributed by atoms with E-state index >= 15 is 0 Å². The largest absolute Gasteiger partial charge is 0.497 e. The third-order valence-corrected chi connectivity index (χ3v) is 4.86. The van der Waals surface area contributed by atoms with Crippen molar-refractivity contribution in [2.45, 2.75) is 6.92 Å². The van der Waals surface area contributed by atoms with Gasteiger partial charge in [0.25, 0.3) is 11.8 Å². The summed E-state index contributed by atoms with van der Waals surface area (Å²) in [4.78, 5) is 27.4. The molecule has 150 valence electrons. The van der Waals surface area contributed by atoms with Crippen molar-refractivity contribution in [3.63, 3.8) is 0 Å². The molecule has 0 unspecified atom stereocenters. The van der Waals surface area contributed by atoms with E-state index in [0.717, 1.165) is 10.5 Å². The molecule has 1 N–H and O–H groups in total. The molecule has 2 amide bonds. The van der Waals surface area contributed by atoms with E-state index in [1.807, 2.05) is 19.1 Å². The molecule has 5 nitrogen and oxygen atoms in total. The Morgan fingerprint density at radius 2 is 1.63 bits per heavy atom. The van der Waals surface area contributed by atoms with Gasteiger partial charge >= 0.3 is 0 Å². The van der Waals surface area contributed by atoms with Crippen LogP contribution in [0.15, 0.2) is 78.5 Å². The lowest BCUT2D eigenvalue weighted by atomic mass is 10.0. The molecule has 0 saturated carbocycles. The zero-order chi connectivity index (χ0) is 21.3. The molecule has 4 rings (SSSR count). The summed E-state index contributed by atoms with van der Waals surface area (Å²) in [5, 5.41) is 3.04. The van der Waals surface area contributed by atoms with Crippen molar-refractivity contribution >= 4 is 28.8 Å². The molecular weight excluding hydrogens is 383 g/mol. The number of aryl methyl sites for hydroxylation is 1. The van der Waals surface area contributed by atoms with Crippen molar-refractivity contribution in [2.24, 2.45) is 0 Å². The van der Waals surface area contributed by atoms with Crippen LogP contribution in [0.3, 0.4) is 0 Å². The molecule has 6 heteroatoms. The number of nitrogens with one attached hydrogen (secondary N) is 1. The summed E-state index contributed by atoms with van der Waals surface area (Å²) in [7, 11) is 1.54. The summed E-state index contributed by atoms with van der Waals surface area (Å²) in [6, 6.07) is 20.0. The standard InChI is InChI=1S/C24H19FN2O3/c1-15-10-12-16(13-11-15)21-22(26-17-6-5-7-18(14-17)30-2)24(29)27(23(21)28)20-9-4-3-8-19(20)25/h3-14,26H,1-2H3. The second-order valence-corrected chi connectivity index (χ2v) is 6.87. The third-order valence-electron chi connectivity index (χ3n) is 4.86. The number of para-hydroxylation sites is 1. The Balaban J connectivity index is 1.83. The van der Waals surface area contributed by atoms with Gasteiger partial charge in [-0.2, -0.15) is 0 Å². The number of hydrogen-bond acceptors (Lipinski definition) is 4. The highest BCUT2D eigenvalue weighted by molar-refractivity contribution is 6.46. The van der Waals surface area contributed by atoms with Crippen LogP contribution in [-0.4, -0.2) is 18.9 Å². The predicted molar refractivity (Wildman–Crippen MR) is 114 cm³/mol. The van der Waals surface area contributed by atoms with E-state index in [1.54, 1.807) is 49.6 Å². The summed E-state index contributed by atoms with van der Waals surface area (Å²) in [6.45, 7) is 1.93. The van der Waals surface area contributed by atoms with Gasteiger partial charge in [0, 0.05) is 11.8 Å². The van der Waals surface area contributed by atoms with Crippen LogP contribution < -0.4 is 15.0 Å². The van der Waals surface area contributed by atoms with Crippen LogP contribution in [0.1, 0.15) is 11.1 Å². The van der Waals surface area contributed by atoms with E-state index < -0.39 is 17.6 Å². The molecule has 30 heavy (non-hydrogen) atoms. The summed E-state index contributed by atoms with van der Waals surface area (Å²) >= 11 is 0. The first-order valence-corrected chi connectivity index (χ1v) is 9.35. The molecule has 3 aromatic carbocycles. The average molecular weight is 402 g/mol. The van der Waals surface area contributed by atoms with E-state index in [4.69, 9.17) is 4.74 Å². The normalized spacial score (nSPS) is 13.8. The van der Waals surface area contributed by atoms with E-state index in [9.17, 15) is 14.0 Å². The Kier molecular flexibility index (Phi) is 5.06. The van der Waals surface area contributed by atoms with Crippen LogP contribution in [0.4, 0.5) is 15.8 Å². The fourth-order valence-electron chi connectivity index (χ4n) is 3.33. The van der Waals surface area contributed by atoms with E-state index in [-0.39, 0.29) is 17.0 Å². The van der Waals surface area contributed by atoms with Gasteiger partial charge in [0.2, 0.25) is 0 Å². The van der Waals surface area contributed by atoms with Crippen molar-refractivity contribution in [3.8, 4) is 5.75 Å². The van der Waals surface area contributed by atoms with Crippen LogP contribution in [0.25, 0.3) is 5.57 Å². The number of imide groups is 1. The molecule has 1 heterocycles. The minimum absolute atomic E-state index is 0.0837. The van der Waals surface area contributed by atoms with Gasteiger partial charge < -0.3 is 10.1 Å². The fraction of sp³-hybridized carbons (Fsp3) is 0.0833. The van der Waals surface area contributed by atoms with Crippen molar-refractivity contribution < 1.29 is 18.7 Å². The molecule has 3 aromatic rings. The van der Waals surface area contributed by atoms with Crippen molar-refractivity contribution in [1.29, 1.82) is 0 Å². The maximum absolute atomic E-state index is 14.4. The molecule has 0 atom stereocenters. The van der Waals surface area contributed by atoms with E-state index in [2.05, 4.69) is 5.32 Å². The number of nitrogens with zero attached hydrogens (tertiary/aromatic N) is 1. The van der Waals surface area contributed by atoms with E-state index in [1.165, 1.54) is 18.2 Å². The van der Waals surface area contributed by atoms with Gasteiger partial charge in [-0.15, -0.1) is 0 Å². The number of methoxy groups -OCH3 is 1. The number of anilines is 2. The lowest BCUT2D eigenvalue weighted by molar-refractivity contribution is -0.120. The lowest BCUT2D eigenvalue weighted by Gasteiger charge is -2.16. The Bertz CT molecular complexity index is 1170. The van der Waals surface area contributed by atoms with Gasteiger partial charge in [0.1, 0.15) is 17.3 Å². The molecule has 0 fully saturated rings. The molecule has 1 aliphatic heterocycles. The quantitative estimate of drug-likeness (QED) is 0.637. The number of ether oxygens (including phenoxy) is 1. The van der Waals surface area contributed by atoms with Crippen LogP contribution in [0.5, 0.6) is 5.75 Å². The number of amides is 2. The van der Waals surface area contributed by atoms with Crippen LogP contribution in [0.2, 0.25) is 0 Å². The summed E-state index contributed by atoms with van der Waals surface area (Å²) in [6.07, 6.45) is 0. The molecular formula is C24H19FN2O3. The smallest absolute Gasteiger partial charge is 0.282 e. The van der Waals surface area contributed by atoms with Gasteiger partial charge in [-0.1, -0.05) is 48.0 Å². The Morgan fingerprint density at radius 3 is 2.33 bits per heavy atom. The summed E-state index contributed by atoms with van der Waals surface area (Å²) in [5.41, 5.74) is 2.35. The second kappa shape index (κ2) is 7.83. The van der Waals surface area contributed by atoms with Gasteiger partial charge in [-0.3, -0.25) is 9.59 Å². The number of rotatable bonds is 5.